The van der Waals surface area contributed by atoms with Crippen LogP contribution in [-0.4, -0.2) is 0 Å². The summed E-state index contributed by atoms with van der Waals surface area (Å²) in [5.41, 5.74) is 0. The summed E-state index contributed by atoms with van der Waals surface area (Å²) >= 11 is 0. The summed E-state index contributed by atoms with van der Waals surface area (Å²) in [6.45, 7) is 12.1. The van der Waals surface area contributed by atoms with Gasteiger partial charge in [0.1, 0.15) is 0 Å². The molecule has 0 heterocycles. The molecule has 0 bridgehead atoms. The molecule has 0 heteroatoms. The molecule has 13 heavy (non-hydrogen) atoms. The van der Waals surface area contributed by atoms with Crippen LogP contribution in [0.25, 0.3) is 0 Å². The first kappa shape index (κ1) is 11.1. The first-order valence-corrected chi connectivity index (χ1v) is 6.11. The maximum absolute atomic E-state index is 2.48. The molecule has 0 nitrogen and oxygen atoms in total. The normalized spacial score (nSPS) is 42.2. The van der Waals surface area contributed by atoms with Crippen molar-refractivity contribution >= 4 is 0 Å². The van der Waals surface area contributed by atoms with Gasteiger partial charge in [-0.1, -0.05) is 47.5 Å². The molecule has 1 rings (SSSR count). The standard InChI is InChI=1S/C13H26/c1-6-9(3)13-10(4)8-12(7-2)11(13)5/h9-13H,6-8H2,1-5H3. The van der Waals surface area contributed by atoms with Crippen molar-refractivity contribution in [1.29, 1.82) is 0 Å². The molecule has 0 N–H and O–H groups in total. The molecule has 1 aliphatic rings. The van der Waals surface area contributed by atoms with Gasteiger partial charge in [0.2, 0.25) is 0 Å². The maximum atomic E-state index is 2.48. The van der Waals surface area contributed by atoms with Crippen LogP contribution in [0.5, 0.6) is 0 Å². The summed E-state index contributed by atoms with van der Waals surface area (Å²) in [5.74, 6) is 4.87. The van der Waals surface area contributed by atoms with Crippen molar-refractivity contribution in [2.24, 2.45) is 29.6 Å². The van der Waals surface area contributed by atoms with Crippen LogP contribution in [0.3, 0.4) is 0 Å². The zero-order valence-corrected chi connectivity index (χ0v) is 10.0. The molecule has 0 aromatic rings. The van der Waals surface area contributed by atoms with Crippen LogP contribution in [0.2, 0.25) is 0 Å². The lowest BCUT2D eigenvalue weighted by Crippen LogP contribution is -2.20. The molecule has 0 aliphatic heterocycles. The number of rotatable bonds is 3. The number of hydrogen-bond donors (Lipinski definition) is 0. The van der Waals surface area contributed by atoms with Crippen LogP contribution in [0.4, 0.5) is 0 Å². The summed E-state index contributed by atoms with van der Waals surface area (Å²) in [5, 5.41) is 0. The molecule has 1 fully saturated rings. The molecule has 0 saturated heterocycles. The van der Waals surface area contributed by atoms with Crippen LogP contribution in [-0.2, 0) is 0 Å². The fourth-order valence-corrected chi connectivity index (χ4v) is 3.57. The highest BCUT2D eigenvalue weighted by atomic mass is 14.4. The van der Waals surface area contributed by atoms with Crippen LogP contribution in [0.15, 0.2) is 0 Å². The molecule has 78 valence electrons. The Hall–Kier alpha value is 0. The third-order valence-electron chi connectivity index (χ3n) is 4.51. The van der Waals surface area contributed by atoms with Crippen molar-refractivity contribution in [3.05, 3.63) is 0 Å². The first-order chi connectivity index (χ1) is 6.11. The van der Waals surface area contributed by atoms with E-state index in [1.165, 1.54) is 19.3 Å². The van der Waals surface area contributed by atoms with Crippen molar-refractivity contribution in [2.75, 3.05) is 0 Å². The topological polar surface area (TPSA) is 0 Å². The Labute approximate surface area is 84.1 Å². The lowest BCUT2D eigenvalue weighted by molar-refractivity contribution is 0.217. The van der Waals surface area contributed by atoms with Crippen molar-refractivity contribution < 1.29 is 0 Å². The van der Waals surface area contributed by atoms with Gasteiger partial charge in [0.15, 0.2) is 0 Å². The fraction of sp³-hybridized carbons (Fsp3) is 1.00. The van der Waals surface area contributed by atoms with E-state index in [0.717, 1.165) is 29.6 Å². The van der Waals surface area contributed by atoms with E-state index in [1.807, 2.05) is 0 Å². The molecule has 5 atom stereocenters. The largest absolute Gasteiger partial charge is 0.0651 e. The van der Waals surface area contributed by atoms with E-state index in [1.54, 1.807) is 0 Å². The second-order valence-corrected chi connectivity index (χ2v) is 5.20. The zero-order valence-electron chi connectivity index (χ0n) is 10.0. The van der Waals surface area contributed by atoms with Gasteiger partial charge in [-0.3, -0.25) is 0 Å². The fourth-order valence-electron chi connectivity index (χ4n) is 3.57. The van der Waals surface area contributed by atoms with E-state index in [2.05, 4.69) is 34.6 Å². The predicted octanol–water partition coefficient (Wildman–Crippen LogP) is 4.35. The maximum Gasteiger partial charge on any atom is -0.0334 e. The minimum absolute atomic E-state index is 0.932. The first-order valence-electron chi connectivity index (χ1n) is 6.11. The molecular formula is C13H26. The molecule has 0 radical (unpaired) electrons. The quantitative estimate of drug-likeness (QED) is 0.608. The smallest absolute Gasteiger partial charge is 0.0334 e. The van der Waals surface area contributed by atoms with Crippen molar-refractivity contribution in [2.45, 2.75) is 53.9 Å². The molecule has 0 aromatic carbocycles. The van der Waals surface area contributed by atoms with E-state index in [-0.39, 0.29) is 0 Å². The number of hydrogen-bond acceptors (Lipinski definition) is 0. The lowest BCUT2D eigenvalue weighted by Gasteiger charge is -2.27. The van der Waals surface area contributed by atoms with Crippen molar-refractivity contribution in [1.82, 2.24) is 0 Å². The highest BCUT2D eigenvalue weighted by Crippen LogP contribution is 2.46. The molecule has 0 spiro atoms. The Balaban J connectivity index is 2.63. The van der Waals surface area contributed by atoms with Crippen molar-refractivity contribution in [3.63, 3.8) is 0 Å². The Morgan fingerprint density at radius 1 is 1.23 bits per heavy atom. The van der Waals surface area contributed by atoms with Gasteiger partial charge in [0.05, 0.1) is 0 Å². The monoisotopic (exact) mass is 182 g/mol. The summed E-state index contributed by atoms with van der Waals surface area (Å²) in [4.78, 5) is 0. The van der Waals surface area contributed by atoms with E-state index < -0.39 is 0 Å². The Bertz CT molecular complexity index is 150. The average molecular weight is 182 g/mol. The Morgan fingerprint density at radius 3 is 2.23 bits per heavy atom. The summed E-state index contributed by atoms with van der Waals surface area (Å²) < 4.78 is 0. The van der Waals surface area contributed by atoms with Crippen LogP contribution < -0.4 is 0 Å². The van der Waals surface area contributed by atoms with Gasteiger partial charge in [-0.05, 0) is 36.0 Å². The second-order valence-electron chi connectivity index (χ2n) is 5.20. The molecule has 5 unspecified atom stereocenters. The average Bonchev–Trinajstić information content (AvgIpc) is 2.40. The molecule has 0 amide bonds. The van der Waals surface area contributed by atoms with E-state index in [9.17, 15) is 0 Å². The van der Waals surface area contributed by atoms with Crippen LogP contribution in [0.1, 0.15) is 53.9 Å². The molecular weight excluding hydrogens is 156 g/mol. The van der Waals surface area contributed by atoms with Gasteiger partial charge >= 0.3 is 0 Å². The summed E-state index contributed by atoms with van der Waals surface area (Å²) in [7, 11) is 0. The van der Waals surface area contributed by atoms with E-state index in [4.69, 9.17) is 0 Å². The van der Waals surface area contributed by atoms with E-state index in [0.29, 0.717) is 0 Å². The van der Waals surface area contributed by atoms with Gasteiger partial charge in [-0.25, -0.2) is 0 Å². The minimum Gasteiger partial charge on any atom is -0.0651 e. The Morgan fingerprint density at radius 2 is 1.85 bits per heavy atom. The predicted molar refractivity (Wildman–Crippen MR) is 59.7 cm³/mol. The van der Waals surface area contributed by atoms with Gasteiger partial charge in [-0.2, -0.15) is 0 Å². The second kappa shape index (κ2) is 4.48. The van der Waals surface area contributed by atoms with Gasteiger partial charge in [-0.15, -0.1) is 0 Å². The Kier molecular flexibility index (Phi) is 3.82. The third-order valence-corrected chi connectivity index (χ3v) is 4.51. The van der Waals surface area contributed by atoms with Crippen LogP contribution in [0, 0.1) is 29.6 Å². The molecule has 0 aromatic heterocycles. The van der Waals surface area contributed by atoms with Gasteiger partial charge < -0.3 is 0 Å². The molecule has 1 saturated carbocycles. The highest BCUT2D eigenvalue weighted by Gasteiger charge is 2.39. The van der Waals surface area contributed by atoms with Gasteiger partial charge in [0.25, 0.3) is 0 Å². The summed E-state index contributed by atoms with van der Waals surface area (Å²) in [6.07, 6.45) is 4.22. The molecule has 1 aliphatic carbocycles. The van der Waals surface area contributed by atoms with E-state index >= 15 is 0 Å². The summed E-state index contributed by atoms with van der Waals surface area (Å²) in [6, 6.07) is 0. The third kappa shape index (κ3) is 2.08. The van der Waals surface area contributed by atoms with Crippen molar-refractivity contribution in [3.8, 4) is 0 Å². The minimum atomic E-state index is 0.932. The van der Waals surface area contributed by atoms with Gasteiger partial charge in [0, 0.05) is 0 Å². The SMILES string of the molecule is CCC(C)C1C(C)CC(CC)C1C. The highest BCUT2D eigenvalue weighted by molar-refractivity contribution is 4.88. The lowest BCUT2D eigenvalue weighted by atomic mass is 9.78. The zero-order chi connectivity index (χ0) is 10.0. The van der Waals surface area contributed by atoms with Crippen LogP contribution >= 0.6 is 0 Å².